The molecule has 0 unspecified atom stereocenters. The van der Waals surface area contributed by atoms with Crippen LogP contribution in [0.2, 0.25) is 0 Å². The zero-order chi connectivity index (χ0) is 15.2. The molecule has 0 fully saturated rings. The molecule has 5 aromatic rings. The van der Waals surface area contributed by atoms with E-state index in [9.17, 15) is 0 Å². The highest BCUT2D eigenvalue weighted by molar-refractivity contribution is 6.05. The maximum absolute atomic E-state index is 5.95. The van der Waals surface area contributed by atoms with Crippen molar-refractivity contribution >= 4 is 32.8 Å². The topological polar surface area (TPSA) is 51.8 Å². The lowest BCUT2D eigenvalue weighted by Gasteiger charge is -2.04. The zero-order valence-electron chi connectivity index (χ0n) is 12.1. The summed E-state index contributed by atoms with van der Waals surface area (Å²) in [6.07, 6.45) is 3.56. The summed E-state index contributed by atoms with van der Waals surface area (Å²) in [4.78, 5) is 4.62. The quantitative estimate of drug-likeness (QED) is 0.454. The molecule has 4 nitrogen and oxygen atoms in total. The lowest BCUT2D eigenvalue weighted by molar-refractivity contribution is 0.668. The molecule has 0 bridgehead atoms. The minimum atomic E-state index is 0.831. The molecule has 2 aromatic carbocycles. The predicted octanol–water partition coefficient (Wildman–Crippen LogP) is 4.59. The molecule has 0 radical (unpaired) electrons. The van der Waals surface area contributed by atoms with Crippen molar-refractivity contribution in [3.8, 4) is 11.3 Å². The van der Waals surface area contributed by atoms with Gasteiger partial charge >= 0.3 is 0 Å². The SMILES string of the molecule is c1cc(-c2cc3oc4ccccc4c3cn2)c2nnccc2c1. The molecule has 0 aliphatic carbocycles. The smallest absolute Gasteiger partial charge is 0.139 e. The van der Waals surface area contributed by atoms with Gasteiger partial charge in [0.1, 0.15) is 16.7 Å². The molecule has 3 heterocycles. The summed E-state index contributed by atoms with van der Waals surface area (Å²) >= 11 is 0. The van der Waals surface area contributed by atoms with Crippen molar-refractivity contribution in [2.24, 2.45) is 0 Å². The van der Waals surface area contributed by atoms with Crippen LogP contribution in [0.25, 0.3) is 44.1 Å². The molecule has 0 amide bonds. The van der Waals surface area contributed by atoms with E-state index in [4.69, 9.17) is 4.42 Å². The Morgan fingerprint density at radius 1 is 0.826 bits per heavy atom. The van der Waals surface area contributed by atoms with Gasteiger partial charge in [0.2, 0.25) is 0 Å². The molecule has 0 saturated carbocycles. The van der Waals surface area contributed by atoms with Gasteiger partial charge in [0.15, 0.2) is 0 Å². The van der Waals surface area contributed by atoms with Crippen molar-refractivity contribution in [3.63, 3.8) is 0 Å². The molecule has 108 valence electrons. The molecule has 0 aliphatic rings. The van der Waals surface area contributed by atoms with Crippen molar-refractivity contribution in [3.05, 3.63) is 67.0 Å². The van der Waals surface area contributed by atoms with Gasteiger partial charge in [-0.25, -0.2) is 0 Å². The van der Waals surface area contributed by atoms with Gasteiger partial charge < -0.3 is 4.42 Å². The van der Waals surface area contributed by atoms with Crippen LogP contribution in [-0.4, -0.2) is 15.2 Å². The van der Waals surface area contributed by atoms with Crippen LogP contribution in [0.4, 0.5) is 0 Å². The Bertz CT molecular complexity index is 1170. The van der Waals surface area contributed by atoms with E-state index >= 15 is 0 Å². The predicted molar refractivity (Wildman–Crippen MR) is 90.0 cm³/mol. The molecule has 5 rings (SSSR count). The third kappa shape index (κ3) is 1.82. The average molecular weight is 297 g/mol. The number of rotatable bonds is 1. The molecule has 0 spiro atoms. The first-order valence-corrected chi connectivity index (χ1v) is 7.38. The molecule has 3 aromatic heterocycles. The minimum Gasteiger partial charge on any atom is -0.456 e. The number of aromatic nitrogens is 3. The number of hydrogen-bond donors (Lipinski definition) is 0. The third-order valence-corrected chi connectivity index (χ3v) is 4.08. The lowest BCUT2D eigenvalue weighted by atomic mass is 10.1. The van der Waals surface area contributed by atoms with E-state index in [0.717, 1.165) is 44.1 Å². The number of nitrogens with zero attached hydrogens (tertiary/aromatic N) is 3. The first kappa shape index (κ1) is 12.3. The van der Waals surface area contributed by atoms with Crippen LogP contribution in [-0.2, 0) is 0 Å². The molecule has 0 saturated heterocycles. The molecule has 4 heteroatoms. The van der Waals surface area contributed by atoms with E-state index in [1.807, 2.05) is 60.8 Å². The van der Waals surface area contributed by atoms with Crippen molar-refractivity contribution in [1.82, 2.24) is 15.2 Å². The summed E-state index contributed by atoms with van der Waals surface area (Å²) in [5.74, 6) is 0. The first-order valence-electron chi connectivity index (χ1n) is 7.38. The number of fused-ring (bicyclic) bond motifs is 4. The summed E-state index contributed by atoms with van der Waals surface area (Å²) in [6.45, 7) is 0. The summed E-state index contributed by atoms with van der Waals surface area (Å²) in [5, 5.41) is 11.4. The Morgan fingerprint density at radius 2 is 1.78 bits per heavy atom. The van der Waals surface area contributed by atoms with E-state index in [-0.39, 0.29) is 0 Å². The van der Waals surface area contributed by atoms with Crippen LogP contribution in [0.15, 0.2) is 71.4 Å². The van der Waals surface area contributed by atoms with E-state index in [1.165, 1.54) is 0 Å². The van der Waals surface area contributed by atoms with Gasteiger partial charge in [0.25, 0.3) is 0 Å². The maximum atomic E-state index is 5.95. The minimum absolute atomic E-state index is 0.831. The monoisotopic (exact) mass is 297 g/mol. The average Bonchev–Trinajstić information content (AvgIpc) is 2.99. The van der Waals surface area contributed by atoms with Crippen molar-refractivity contribution in [2.75, 3.05) is 0 Å². The Balaban J connectivity index is 1.81. The largest absolute Gasteiger partial charge is 0.456 e. The Hall–Kier alpha value is -3.27. The second-order valence-electron chi connectivity index (χ2n) is 5.44. The summed E-state index contributed by atoms with van der Waals surface area (Å²) < 4.78 is 5.95. The molecular weight excluding hydrogens is 286 g/mol. The Morgan fingerprint density at radius 3 is 2.78 bits per heavy atom. The van der Waals surface area contributed by atoms with Gasteiger partial charge in [0.05, 0.1) is 11.9 Å². The maximum Gasteiger partial charge on any atom is 0.139 e. The number of furan rings is 1. The zero-order valence-corrected chi connectivity index (χ0v) is 12.1. The van der Waals surface area contributed by atoms with Crippen LogP contribution in [0.1, 0.15) is 0 Å². The van der Waals surface area contributed by atoms with Gasteiger partial charge in [-0.15, -0.1) is 5.10 Å². The third-order valence-electron chi connectivity index (χ3n) is 4.08. The van der Waals surface area contributed by atoms with E-state index < -0.39 is 0 Å². The molecule has 23 heavy (non-hydrogen) atoms. The second kappa shape index (κ2) is 4.61. The highest BCUT2D eigenvalue weighted by Crippen LogP contribution is 2.32. The molecular formula is C19H11N3O. The Labute approximate surface area is 131 Å². The number of pyridine rings is 1. The van der Waals surface area contributed by atoms with E-state index in [2.05, 4.69) is 15.2 Å². The normalized spacial score (nSPS) is 11.5. The number of para-hydroxylation sites is 1. The summed E-state index contributed by atoms with van der Waals surface area (Å²) in [7, 11) is 0. The fraction of sp³-hybridized carbons (Fsp3) is 0. The van der Waals surface area contributed by atoms with Crippen LogP contribution in [0.5, 0.6) is 0 Å². The summed E-state index contributed by atoms with van der Waals surface area (Å²) in [5.41, 5.74) is 4.34. The highest BCUT2D eigenvalue weighted by atomic mass is 16.3. The molecule has 0 atom stereocenters. The van der Waals surface area contributed by atoms with Gasteiger partial charge in [-0.3, -0.25) is 4.98 Å². The van der Waals surface area contributed by atoms with Crippen LogP contribution >= 0.6 is 0 Å². The molecule has 0 aliphatic heterocycles. The van der Waals surface area contributed by atoms with Gasteiger partial charge in [0, 0.05) is 34.0 Å². The van der Waals surface area contributed by atoms with Gasteiger partial charge in [-0.2, -0.15) is 5.10 Å². The van der Waals surface area contributed by atoms with Crippen LogP contribution < -0.4 is 0 Å². The Kier molecular flexibility index (Phi) is 2.46. The lowest BCUT2D eigenvalue weighted by Crippen LogP contribution is -1.89. The van der Waals surface area contributed by atoms with E-state index in [0.29, 0.717) is 0 Å². The number of benzene rings is 2. The highest BCUT2D eigenvalue weighted by Gasteiger charge is 2.11. The summed E-state index contributed by atoms with van der Waals surface area (Å²) in [6, 6.07) is 17.9. The van der Waals surface area contributed by atoms with Crippen molar-refractivity contribution in [2.45, 2.75) is 0 Å². The fourth-order valence-corrected chi connectivity index (χ4v) is 2.99. The first-order chi connectivity index (χ1) is 11.4. The van der Waals surface area contributed by atoms with Gasteiger partial charge in [-0.1, -0.05) is 36.4 Å². The fourth-order valence-electron chi connectivity index (χ4n) is 2.99. The molecule has 0 N–H and O–H groups in total. The van der Waals surface area contributed by atoms with Crippen LogP contribution in [0, 0.1) is 0 Å². The second-order valence-corrected chi connectivity index (χ2v) is 5.44. The van der Waals surface area contributed by atoms with Crippen molar-refractivity contribution < 1.29 is 4.42 Å². The standard InChI is InChI=1S/C19H11N3O/c1-2-7-17-13(5-1)15-11-20-16(10-18(15)23-17)14-6-3-4-12-8-9-21-22-19(12)14/h1-11H. The van der Waals surface area contributed by atoms with Gasteiger partial charge in [-0.05, 0) is 12.1 Å². The van der Waals surface area contributed by atoms with E-state index in [1.54, 1.807) is 6.20 Å². The number of hydrogen-bond acceptors (Lipinski definition) is 4. The van der Waals surface area contributed by atoms with Crippen LogP contribution in [0.3, 0.4) is 0 Å². The van der Waals surface area contributed by atoms with Crippen molar-refractivity contribution in [1.29, 1.82) is 0 Å².